The average Bonchev–Trinajstić information content (AvgIpc) is 3.33. The Bertz CT molecular complexity index is 1060. The summed E-state index contributed by atoms with van der Waals surface area (Å²) in [7, 11) is -3.88. The van der Waals surface area contributed by atoms with Crippen LogP contribution in [0.2, 0.25) is 0 Å². The molecule has 1 atom stereocenters. The van der Waals surface area contributed by atoms with E-state index in [9.17, 15) is 18.0 Å². The van der Waals surface area contributed by atoms with Crippen LogP contribution in [0.15, 0.2) is 35.4 Å². The first-order chi connectivity index (χ1) is 15.4. The van der Waals surface area contributed by atoms with Crippen LogP contribution in [0.4, 0.5) is 0 Å². The highest BCUT2D eigenvalue weighted by Crippen LogP contribution is 2.27. The lowest BCUT2D eigenvalue weighted by Crippen LogP contribution is -2.35. The van der Waals surface area contributed by atoms with E-state index < -0.39 is 21.5 Å². The number of amides is 2. The van der Waals surface area contributed by atoms with Crippen molar-refractivity contribution in [3.8, 4) is 0 Å². The topological polar surface area (TPSA) is 97.7 Å². The van der Waals surface area contributed by atoms with Crippen molar-refractivity contribution in [2.45, 2.75) is 56.1 Å². The van der Waals surface area contributed by atoms with E-state index in [1.807, 2.05) is 17.0 Å². The van der Waals surface area contributed by atoms with Crippen molar-refractivity contribution in [2.24, 2.45) is 0 Å². The fourth-order valence-electron chi connectivity index (χ4n) is 4.49. The van der Waals surface area contributed by atoms with Gasteiger partial charge < -0.3 is 19.5 Å². The Kier molecular flexibility index (Phi) is 7.15. The molecule has 2 aromatic rings. The first kappa shape index (κ1) is 22.8. The quantitative estimate of drug-likeness (QED) is 0.681. The van der Waals surface area contributed by atoms with E-state index in [1.165, 1.54) is 6.20 Å². The molecular weight excluding hydrogens is 430 g/mol. The predicted molar refractivity (Wildman–Crippen MR) is 121 cm³/mol. The molecular formula is C23H31N3O5S. The normalized spacial score (nSPS) is 19.8. The van der Waals surface area contributed by atoms with Crippen molar-refractivity contribution < 1.29 is 22.7 Å². The van der Waals surface area contributed by atoms with Crippen molar-refractivity contribution in [3.05, 3.63) is 30.5 Å². The number of ether oxygens (including phenoxy) is 1. The molecule has 2 aliphatic rings. The van der Waals surface area contributed by atoms with Gasteiger partial charge in [-0.15, -0.1) is 0 Å². The van der Waals surface area contributed by atoms with Gasteiger partial charge in [-0.2, -0.15) is 0 Å². The SMILES string of the molecule is O=C(CS(=O)(=O)c1cn(CC(=O)N2CCCCCC2)c2ccccc12)NCC1CCCO1. The number of carbonyl (C=O) groups is 2. The third-order valence-corrected chi connectivity index (χ3v) is 7.86. The lowest BCUT2D eigenvalue weighted by atomic mass is 10.2. The maximum Gasteiger partial charge on any atom is 0.242 e. The number of nitrogens with one attached hydrogen (secondary N) is 1. The van der Waals surface area contributed by atoms with Crippen molar-refractivity contribution in [2.75, 3.05) is 32.0 Å². The van der Waals surface area contributed by atoms with Gasteiger partial charge in [0.2, 0.25) is 11.8 Å². The molecule has 32 heavy (non-hydrogen) atoms. The van der Waals surface area contributed by atoms with Crippen molar-refractivity contribution in [1.29, 1.82) is 0 Å². The van der Waals surface area contributed by atoms with Gasteiger partial charge in [0.1, 0.15) is 12.3 Å². The highest BCUT2D eigenvalue weighted by Gasteiger charge is 2.26. The summed E-state index contributed by atoms with van der Waals surface area (Å²) in [5.41, 5.74) is 0.675. The van der Waals surface area contributed by atoms with Crippen LogP contribution in [-0.4, -0.2) is 67.8 Å². The van der Waals surface area contributed by atoms with E-state index >= 15 is 0 Å². The van der Waals surface area contributed by atoms with Gasteiger partial charge in [-0.05, 0) is 31.7 Å². The highest BCUT2D eigenvalue weighted by molar-refractivity contribution is 7.92. The molecule has 2 amide bonds. The zero-order valence-corrected chi connectivity index (χ0v) is 19.1. The number of nitrogens with zero attached hydrogens (tertiary/aromatic N) is 2. The third-order valence-electron chi connectivity index (χ3n) is 6.22. The Morgan fingerprint density at radius 3 is 2.53 bits per heavy atom. The minimum atomic E-state index is -3.88. The van der Waals surface area contributed by atoms with Gasteiger partial charge in [0.05, 0.1) is 11.0 Å². The Morgan fingerprint density at radius 2 is 1.81 bits per heavy atom. The summed E-state index contributed by atoms with van der Waals surface area (Å²) < 4.78 is 33.4. The molecule has 174 valence electrons. The molecule has 1 unspecified atom stereocenters. The summed E-state index contributed by atoms with van der Waals surface area (Å²) in [5, 5.41) is 3.21. The van der Waals surface area contributed by atoms with Crippen LogP contribution in [0, 0.1) is 0 Å². The molecule has 1 N–H and O–H groups in total. The number of sulfone groups is 1. The smallest absolute Gasteiger partial charge is 0.242 e. The van der Waals surface area contributed by atoms with Crippen LogP contribution in [0.3, 0.4) is 0 Å². The van der Waals surface area contributed by atoms with Gasteiger partial charge in [-0.3, -0.25) is 9.59 Å². The average molecular weight is 462 g/mol. The molecule has 4 rings (SSSR count). The molecule has 1 aromatic carbocycles. The molecule has 8 nitrogen and oxygen atoms in total. The number of para-hydroxylation sites is 1. The maximum atomic E-state index is 13.1. The largest absolute Gasteiger partial charge is 0.376 e. The fraction of sp³-hybridized carbons (Fsp3) is 0.565. The molecule has 2 saturated heterocycles. The van der Waals surface area contributed by atoms with Crippen LogP contribution in [-0.2, 0) is 30.7 Å². The Hall–Kier alpha value is -2.39. The number of rotatable bonds is 7. The number of carbonyl (C=O) groups excluding carboxylic acids is 2. The monoisotopic (exact) mass is 461 g/mol. The number of aromatic nitrogens is 1. The van der Waals surface area contributed by atoms with Crippen molar-refractivity contribution >= 4 is 32.6 Å². The third kappa shape index (κ3) is 5.32. The molecule has 0 saturated carbocycles. The second-order valence-electron chi connectivity index (χ2n) is 8.63. The van der Waals surface area contributed by atoms with Crippen molar-refractivity contribution in [3.63, 3.8) is 0 Å². The van der Waals surface area contributed by atoms with Gasteiger partial charge in [0.25, 0.3) is 0 Å². The van der Waals surface area contributed by atoms with Gasteiger partial charge in [0.15, 0.2) is 9.84 Å². The van der Waals surface area contributed by atoms with E-state index in [1.54, 1.807) is 16.7 Å². The standard InChI is InChI=1S/C23H31N3O5S/c27-22(24-14-18-8-7-13-31-18)17-32(29,30)21-15-26(20-10-4-3-9-19(20)21)16-23(28)25-11-5-1-2-6-12-25/h3-4,9-10,15,18H,1-2,5-8,11-14,16-17H2,(H,24,27). The van der Waals surface area contributed by atoms with Crippen LogP contribution in [0.1, 0.15) is 38.5 Å². The van der Waals surface area contributed by atoms with Crippen LogP contribution >= 0.6 is 0 Å². The summed E-state index contributed by atoms with van der Waals surface area (Å²) in [5.74, 6) is -1.18. The zero-order valence-electron chi connectivity index (χ0n) is 18.3. The molecule has 0 spiro atoms. The Labute approximate surface area is 188 Å². The Morgan fingerprint density at radius 1 is 1.06 bits per heavy atom. The lowest BCUT2D eigenvalue weighted by molar-refractivity contribution is -0.131. The molecule has 1 aromatic heterocycles. The van der Waals surface area contributed by atoms with Gasteiger partial charge in [-0.25, -0.2) is 8.42 Å². The summed E-state index contributed by atoms with van der Waals surface area (Å²) in [6, 6.07) is 7.11. The Balaban J connectivity index is 1.50. The minimum Gasteiger partial charge on any atom is -0.376 e. The number of hydrogen-bond donors (Lipinski definition) is 1. The van der Waals surface area contributed by atoms with Crippen LogP contribution < -0.4 is 5.32 Å². The van der Waals surface area contributed by atoms with E-state index in [2.05, 4.69) is 5.32 Å². The lowest BCUT2D eigenvalue weighted by Gasteiger charge is -2.20. The van der Waals surface area contributed by atoms with E-state index in [0.29, 0.717) is 24.1 Å². The first-order valence-electron chi connectivity index (χ1n) is 11.4. The second kappa shape index (κ2) is 10.0. The maximum absolute atomic E-state index is 13.1. The minimum absolute atomic E-state index is 0.00842. The first-order valence-corrected chi connectivity index (χ1v) is 13.1. The highest BCUT2D eigenvalue weighted by atomic mass is 32.2. The molecule has 3 heterocycles. The van der Waals surface area contributed by atoms with Gasteiger partial charge in [0, 0.05) is 43.3 Å². The van der Waals surface area contributed by atoms with Crippen molar-refractivity contribution in [1.82, 2.24) is 14.8 Å². The number of benzene rings is 1. The van der Waals surface area contributed by atoms with Crippen LogP contribution in [0.5, 0.6) is 0 Å². The molecule has 2 aliphatic heterocycles. The summed E-state index contributed by atoms with van der Waals surface area (Å²) >= 11 is 0. The second-order valence-corrected chi connectivity index (χ2v) is 10.6. The van der Waals surface area contributed by atoms with Gasteiger partial charge in [-0.1, -0.05) is 31.0 Å². The summed E-state index contributed by atoms with van der Waals surface area (Å²) in [4.78, 5) is 27.2. The zero-order chi connectivity index (χ0) is 22.6. The fourth-order valence-corrected chi connectivity index (χ4v) is 5.89. The number of likely N-dealkylation sites (tertiary alicyclic amines) is 1. The van der Waals surface area contributed by atoms with Gasteiger partial charge >= 0.3 is 0 Å². The number of fused-ring (bicyclic) bond motifs is 1. The van der Waals surface area contributed by atoms with E-state index in [4.69, 9.17) is 4.74 Å². The summed E-state index contributed by atoms with van der Waals surface area (Å²) in [6.45, 7) is 2.57. The van der Waals surface area contributed by atoms with E-state index in [-0.39, 0.29) is 23.5 Å². The predicted octanol–water partition coefficient (Wildman–Crippen LogP) is 2.11. The molecule has 0 radical (unpaired) electrons. The molecule has 9 heteroatoms. The number of hydrogen-bond acceptors (Lipinski definition) is 5. The molecule has 0 aliphatic carbocycles. The van der Waals surface area contributed by atoms with E-state index in [0.717, 1.165) is 51.6 Å². The van der Waals surface area contributed by atoms with Crippen LogP contribution in [0.25, 0.3) is 10.9 Å². The molecule has 0 bridgehead atoms. The molecule has 2 fully saturated rings. The summed E-state index contributed by atoms with van der Waals surface area (Å²) in [6.07, 6.45) is 7.54.